The molecule has 3 N–H and O–H groups in total. The summed E-state index contributed by atoms with van der Waals surface area (Å²) in [6, 6.07) is 3.91. The van der Waals surface area contributed by atoms with E-state index in [1.165, 1.54) is 18.2 Å². The highest BCUT2D eigenvalue weighted by molar-refractivity contribution is 6.05. The van der Waals surface area contributed by atoms with Gasteiger partial charge in [0.1, 0.15) is 5.82 Å². The van der Waals surface area contributed by atoms with Gasteiger partial charge in [0, 0.05) is 12.0 Å². The summed E-state index contributed by atoms with van der Waals surface area (Å²) in [4.78, 5) is 23.4. The van der Waals surface area contributed by atoms with E-state index in [-0.39, 0.29) is 12.0 Å². The van der Waals surface area contributed by atoms with Crippen LogP contribution in [0.1, 0.15) is 22.3 Å². The highest BCUT2D eigenvalue weighted by atomic mass is 19.1. The first-order chi connectivity index (χ1) is 8.89. The van der Waals surface area contributed by atoms with Crippen molar-refractivity contribution in [3.05, 3.63) is 35.1 Å². The number of amides is 2. The molecule has 6 heteroatoms. The van der Waals surface area contributed by atoms with E-state index >= 15 is 0 Å². The normalized spacial score (nSPS) is 16.6. The molecular formula is C13H15FN2O3. The van der Waals surface area contributed by atoms with Crippen LogP contribution >= 0.6 is 0 Å². The molecule has 1 aliphatic heterocycles. The van der Waals surface area contributed by atoms with E-state index in [0.29, 0.717) is 18.8 Å². The Kier molecular flexibility index (Phi) is 3.64. The van der Waals surface area contributed by atoms with Crippen molar-refractivity contribution in [3.8, 4) is 0 Å². The van der Waals surface area contributed by atoms with Crippen molar-refractivity contribution < 1.29 is 18.7 Å². The number of benzene rings is 1. The molecule has 0 saturated carbocycles. The molecule has 2 rings (SSSR count). The fourth-order valence-corrected chi connectivity index (χ4v) is 1.81. The Morgan fingerprint density at radius 3 is 2.68 bits per heavy atom. The van der Waals surface area contributed by atoms with Crippen LogP contribution in [0.4, 0.5) is 4.39 Å². The van der Waals surface area contributed by atoms with Crippen molar-refractivity contribution in [2.75, 3.05) is 13.2 Å². The molecule has 1 aliphatic rings. The zero-order chi connectivity index (χ0) is 14.0. The van der Waals surface area contributed by atoms with E-state index in [1.807, 2.05) is 0 Å². The van der Waals surface area contributed by atoms with Gasteiger partial charge in [0.2, 0.25) is 5.91 Å². The van der Waals surface area contributed by atoms with E-state index < -0.39 is 23.2 Å². The molecular weight excluding hydrogens is 251 g/mol. The van der Waals surface area contributed by atoms with Crippen molar-refractivity contribution in [1.29, 1.82) is 0 Å². The van der Waals surface area contributed by atoms with Crippen LogP contribution < -0.4 is 11.1 Å². The van der Waals surface area contributed by atoms with Crippen LogP contribution in [-0.4, -0.2) is 30.6 Å². The second kappa shape index (κ2) is 5.07. The average Bonchev–Trinajstić information content (AvgIpc) is 2.30. The molecule has 1 heterocycles. The lowest BCUT2D eigenvalue weighted by molar-refractivity contribution is -0.127. The van der Waals surface area contributed by atoms with Gasteiger partial charge in [0.15, 0.2) is 0 Å². The monoisotopic (exact) mass is 266 g/mol. The molecule has 0 unspecified atom stereocenters. The number of aryl methyl sites for hydroxylation is 1. The lowest BCUT2D eigenvalue weighted by Gasteiger charge is -2.36. The molecule has 1 saturated heterocycles. The summed E-state index contributed by atoms with van der Waals surface area (Å²) in [5.41, 5.74) is 5.73. The van der Waals surface area contributed by atoms with Gasteiger partial charge in [-0.2, -0.15) is 0 Å². The van der Waals surface area contributed by atoms with E-state index in [4.69, 9.17) is 10.5 Å². The minimum Gasteiger partial charge on any atom is -0.377 e. The maximum absolute atomic E-state index is 13.1. The summed E-state index contributed by atoms with van der Waals surface area (Å²) in [5.74, 6) is -1.41. The molecule has 19 heavy (non-hydrogen) atoms. The molecule has 0 radical (unpaired) electrons. The Bertz CT molecular complexity index is 527. The summed E-state index contributed by atoms with van der Waals surface area (Å²) < 4.78 is 18.0. The number of carbonyl (C=O) groups excluding carboxylic acids is 2. The molecule has 2 amide bonds. The highest BCUT2D eigenvalue weighted by Gasteiger charge is 2.36. The predicted octanol–water partition coefficient (Wildman–Crippen LogP) is 0.508. The van der Waals surface area contributed by atoms with Gasteiger partial charge in [-0.05, 0) is 30.7 Å². The van der Waals surface area contributed by atoms with Crippen molar-refractivity contribution >= 4 is 11.8 Å². The Hall–Kier alpha value is -1.79. The van der Waals surface area contributed by atoms with Crippen molar-refractivity contribution in [3.63, 3.8) is 0 Å². The summed E-state index contributed by atoms with van der Waals surface area (Å²) in [6.45, 7) is 2.17. The average molecular weight is 266 g/mol. The van der Waals surface area contributed by atoms with Gasteiger partial charge in [-0.15, -0.1) is 0 Å². The molecule has 1 aromatic carbocycles. The van der Waals surface area contributed by atoms with Gasteiger partial charge in [0.05, 0.1) is 18.8 Å². The lowest BCUT2D eigenvalue weighted by Crippen LogP contribution is -2.59. The first-order valence-electron chi connectivity index (χ1n) is 5.87. The minimum absolute atomic E-state index is 0.0267. The summed E-state index contributed by atoms with van der Waals surface area (Å²) in [5, 5.41) is 2.23. The zero-order valence-corrected chi connectivity index (χ0v) is 10.5. The third kappa shape index (κ3) is 3.15. The van der Waals surface area contributed by atoms with E-state index in [1.54, 1.807) is 6.92 Å². The number of hydrogen-bond acceptors (Lipinski definition) is 4. The molecule has 1 fully saturated rings. The largest absolute Gasteiger partial charge is 0.377 e. The topological polar surface area (TPSA) is 81.4 Å². The summed E-state index contributed by atoms with van der Waals surface area (Å²) >= 11 is 0. The standard InChI is InChI=1S/C13H15FN2O3/c1-8-4-9(2-3-10(8)14)12(18)16-11(17)5-13(15)6-19-7-13/h2-4H,5-7,15H2,1H3,(H,16,17,18). The molecule has 0 aromatic heterocycles. The number of halogens is 1. The maximum atomic E-state index is 13.1. The highest BCUT2D eigenvalue weighted by Crippen LogP contribution is 2.17. The molecule has 0 spiro atoms. The first kappa shape index (κ1) is 13.6. The fourth-order valence-electron chi connectivity index (χ4n) is 1.81. The first-order valence-corrected chi connectivity index (χ1v) is 5.87. The fraction of sp³-hybridized carbons (Fsp3) is 0.385. The number of nitrogens with two attached hydrogens (primary N) is 1. The smallest absolute Gasteiger partial charge is 0.257 e. The molecule has 0 aliphatic carbocycles. The van der Waals surface area contributed by atoms with E-state index in [9.17, 15) is 14.0 Å². The Morgan fingerprint density at radius 2 is 2.16 bits per heavy atom. The lowest BCUT2D eigenvalue weighted by atomic mass is 9.94. The molecule has 1 aromatic rings. The zero-order valence-electron chi connectivity index (χ0n) is 10.5. The van der Waals surface area contributed by atoms with Gasteiger partial charge in [-0.25, -0.2) is 4.39 Å². The minimum atomic E-state index is -0.678. The number of nitrogens with one attached hydrogen (secondary N) is 1. The SMILES string of the molecule is Cc1cc(C(=O)NC(=O)CC2(N)COC2)ccc1F. The van der Waals surface area contributed by atoms with Crippen molar-refractivity contribution in [2.45, 2.75) is 18.9 Å². The van der Waals surface area contributed by atoms with Gasteiger partial charge in [-0.1, -0.05) is 0 Å². The van der Waals surface area contributed by atoms with Crippen LogP contribution in [-0.2, 0) is 9.53 Å². The Labute approximate surface area is 109 Å². The number of ether oxygens (including phenoxy) is 1. The third-order valence-corrected chi connectivity index (χ3v) is 2.96. The van der Waals surface area contributed by atoms with Crippen LogP contribution in [0.15, 0.2) is 18.2 Å². The Balaban J connectivity index is 1.96. The van der Waals surface area contributed by atoms with Crippen molar-refractivity contribution in [1.82, 2.24) is 5.32 Å². The molecule has 102 valence electrons. The number of imide groups is 1. The summed E-state index contributed by atoms with van der Waals surface area (Å²) in [7, 11) is 0. The number of rotatable bonds is 3. The summed E-state index contributed by atoms with van der Waals surface area (Å²) in [6.07, 6.45) is 0.0267. The third-order valence-electron chi connectivity index (χ3n) is 2.96. The molecule has 0 atom stereocenters. The van der Waals surface area contributed by atoms with Gasteiger partial charge < -0.3 is 10.5 Å². The Morgan fingerprint density at radius 1 is 1.47 bits per heavy atom. The van der Waals surface area contributed by atoms with Crippen LogP contribution in [0.25, 0.3) is 0 Å². The van der Waals surface area contributed by atoms with E-state index in [0.717, 1.165) is 0 Å². The second-order valence-corrected chi connectivity index (χ2v) is 4.87. The van der Waals surface area contributed by atoms with Crippen molar-refractivity contribution in [2.24, 2.45) is 5.73 Å². The van der Waals surface area contributed by atoms with Gasteiger partial charge >= 0.3 is 0 Å². The van der Waals surface area contributed by atoms with E-state index in [2.05, 4.69) is 5.32 Å². The quantitative estimate of drug-likeness (QED) is 0.835. The number of hydrogen-bond donors (Lipinski definition) is 2. The van der Waals surface area contributed by atoms with Crippen LogP contribution in [0, 0.1) is 12.7 Å². The van der Waals surface area contributed by atoms with Crippen LogP contribution in [0.2, 0.25) is 0 Å². The van der Waals surface area contributed by atoms with Crippen LogP contribution in [0.5, 0.6) is 0 Å². The van der Waals surface area contributed by atoms with Crippen LogP contribution in [0.3, 0.4) is 0 Å². The molecule has 5 nitrogen and oxygen atoms in total. The predicted molar refractivity (Wildman–Crippen MR) is 66.0 cm³/mol. The van der Waals surface area contributed by atoms with Gasteiger partial charge in [-0.3, -0.25) is 14.9 Å². The second-order valence-electron chi connectivity index (χ2n) is 4.87. The molecule has 0 bridgehead atoms. The number of carbonyl (C=O) groups is 2. The van der Waals surface area contributed by atoms with Gasteiger partial charge in [0.25, 0.3) is 5.91 Å². The maximum Gasteiger partial charge on any atom is 0.257 e.